The van der Waals surface area contributed by atoms with Gasteiger partial charge in [-0.3, -0.25) is 4.79 Å². The smallest absolute Gasteiger partial charge is 0.335 e. The summed E-state index contributed by atoms with van der Waals surface area (Å²) in [5.41, 5.74) is 3.45. The van der Waals surface area contributed by atoms with Gasteiger partial charge in [0.25, 0.3) is 0 Å². The fourth-order valence-electron chi connectivity index (χ4n) is 3.10. The molecule has 4 heteroatoms. The Morgan fingerprint density at radius 2 is 1.87 bits per heavy atom. The molecule has 0 fully saturated rings. The topological polar surface area (TPSA) is 57.6 Å². The minimum absolute atomic E-state index is 0.0366. The summed E-state index contributed by atoms with van der Waals surface area (Å²) in [4.78, 5) is 25.6. The van der Waals surface area contributed by atoms with E-state index in [-0.39, 0.29) is 23.9 Å². The molecule has 0 saturated carbocycles. The monoisotopic (exact) mass is 309 g/mol. The van der Waals surface area contributed by atoms with Crippen molar-refractivity contribution in [3.8, 4) is 0 Å². The van der Waals surface area contributed by atoms with Crippen molar-refractivity contribution in [2.45, 2.75) is 32.4 Å². The van der Waals surface area contributed by atoms with Crippen LogP contribution in [0.4, 0.5) is 0 Å². The van der Waals surface area contributed by atoms with E-state index in [2.05, 4.69) is 19.1 Å². The zero-order chi connectivity index (χ0) is 16.4. The minimum atomic E-state index is -0.973. The Bertz CT molecular complexity index is 754. The molecule has 4 nitrogen and oxygen atoms in total. The number of amides is 1. The van der Waals surface area contributed by atoms with Gasteiger partial charge in [0, 0.05) is 12.6 Å². The van der Waals surface area contributed by atoms with Gasteiger partial charge in [0.1, 0.15) is 0 Å². The molecular weight excluding hydrogens is 290 g/mol. The molecule has 1 N–H and O–H groups in total. The highest BCUT2D eigenvalue weighted by molar-refractivity contribution is 5.88. The minimum Gasteiger partial charge on any atom is -0.478 e. The number of aromatic carboxylic acids is 1. The first-order valence-corrected chi connectivity index (χ1v) is 7.73. The Hall–Kier alpha value is -2.62. The third-order valence-electron chi connectivity index (χ3n) is 4.36. The van der Waals surface area contributed by atoms with Crippen LogP contribution in [-0.4, -0.2) is 27.9 Å². The first kappa shape index (κ1) is 15.3. The predicted octanol–water partition coefficient (Wildman–Crippen LogP) is 2.90. The van der Waals surface area contributed by atoms with E-state index in [0.717, 1.165) is 12.0 Å². The van der Waals surface area contributed by atoms with Crippen LogP contribution in [0.25, 0.3) is 0 Å². The lowest BCUT2D eigenvalue weighted by atomic mass is 9.94. The number of hydrogen-bond acceptors (Lipinski definition) is 2. The summed E-state index contributed by atoms with van der Waals surface area (Å²) >= 11 is 0. The summed E-state index contributed by atoms with van der Waals surface area (Å²) in [7, 11) is 0. The van der Waals surface area contributed by atoms with E-state index in [0.29, 0.717) is 6.54 Å². The zero-order valence-corrected chi connectivity index (χ0v) is 13.0. The molecule has 0 aromatic heterocycles. The van der Waals surface area contributed by atoms with Gasteiger partial charge in [-0.05, 0) is 42.2 Å². The molecular formula is C19H19NO3. The van der Waals surface area contributed by atoms with E-state index >= 15 is 0 Å². The summed E-state index contributed by atoms with van der Waals surface area (Å²) < 4.78 is 0. The molecule has 1 atom stereocenters. The summed E-state index contributed by atoms with van der Waals surface area (Å²) in [6.07, 6.45) is 1.09. The molecule has 1 aliphatic rings. The number of fused-ring (bicyclic) bond motifs is 1. The molecule has 23 heavy (non-hydrogen) atoms. The second-order valence-corrected chi connectivity index (χ2v) is 6.03. The number of hydrogen-bond donors (Lipinski definition) is 1. The molecule has 0 bridgehead atoms. The fraction of sp³-hybridized carbons (Fsp3) is 0.263. The van der Waals surface area contributed by atoms with Crippen molar-refractivity contribution in [1.29, 1.82) is 0 Å². The lowest BCUT2D eigenvalue weighted by Gasteiger charge is -2.35. The van der Waals surface area contributed by atoms with E-state index in [1.54, 1.807) is 18.2 Å². The SMILES string of the molecule is CC1Cc2ccccc2CN1C(=O)Cc1cccc(C(=O)O)c1. The number of carbonyl (C=O) groups is 2. The Morgan fingerprint density at radius 3 is 2.61 bits per heavy atom. The van der Waals surface area contributed by atoms with Crippen molar-refractivity contribution in [2.75, 3.05) is 0 Å². The van der Waals surface area contributed by atoms with Gasteiger partial charge in [0.15, 0.2) is 0 Å². The molecule has 1 unspecified atom stereocenters. The number of carboxylic acids is 1. The van der Waals surface area contributed by atoms with Gasteiger partial charge in [-0.2, -0.15) is 0 Å². The largest absolute Gasteiger partial charge is 0.478 e. The average Bonchev–Trinajstić information content (AvgIpc) is 2.54. The van der Waals surface area contributed by atoms with Crippen LogP contribution in [0.2, 0.25) is 0 Å². The van der Waals surface area contributed by atoms with Gasteiger partial charge >= 0.3 is 5.97 Å². The van der Waals surface area contributed by atoms with E-state index in [9.17, 15) is 9.59 Å². The molecule has 2 aromatic carbocycles. The first-order valence-electron chi connectivity index (χ1n) is 7.73. The van der Waals surface area contributed by atoms with Crippen LogP contribution in [0, 0.1) is 0 Å². The molecule has 1 aliphatic heterocycles. The highest BCUT2D eigenvalue weighted by Gasteiger charge is 2.26. The van der Waals surface area contributed by atoms with E-state index < -0.39 is 5.97 Å². The van der Waals surface area contributed by atoms with Crippen LogP contribution in [-0.2, 0) is 24.2 Å². The van der Waals surface area contributed by atoms with E-state index in [4.69, 9.17) is 5.11 Å². The maximum Gasteiger partial charge on any atom is 0.335 e. The van der Waals surface area contributed by atoms with E-state index in [1.807, 2.05) is 17.0 Å². The molecule has 3 rings (SSSR count). The molecule has 118 valence electrons. The van der Waals surface area contributed by atoms with Crippen LogP contribution >= 0.6 is 0 Å². The molecule has 0 aliphatic carbocycles. The zero-order valence-electron chi connectivity index (χ0n) is 13.0. The van der Waals surface area contributed by atoms with Crippen LogP contribution in [0.15, 0.2) is 48.5 Å². The van der Waals surface area contributed by atoms with Crippen LogP contribution in [0.3, 0.4) is 0 Å². The van der Waals surface area contributed by atoms with Crippen molar-refractivity contribution >= 4 is 11.9 Å². The van der Waals surface area contributed by atoms with Gasteiger partial charge in [0.05, 0.1) is 12.0 Å². The van der Waals surface area contributed by atoms with Crippen LogP contribution in [0.5, 0.6) is 0 Å². The third kappa shape index (κ3) is 3.26. The number of carbonyl (C=O) groups excluding carboxylic acids is 1. The molecule has 0 spiro atoms. The predicted molar refractivity (Wildman–Crippen MR) is 87.3 cm³/mol. The summed E-state index contributed by atoms with van der Waals surface area (Å²) in [6.45, 7) is 2.68. The highest BCUT2D eigenvalue weighted by Crippen LogP contribution is 2.23. The van der Waals surface area contributed by atoms with Crippen LogP contribution in [0.1, 0.15) is 34.0 Å². The lowest BCUT2D eigenvalue weighted by molar-refractivity contribution is -0.133. The molecule has 1 amide bonds. The highest BCUT2D eigenvalue weighted by atomic mass is 16.4. The second kappa shape index (κ2) is 6.24. The maximum absolute atomic E-state index is 12.6. The summed E-state index contributed by atoms with van der Waals surface area (Å²) in [5.74, 6) is -0.936. The van der Waals surface area contributed by atoms with Gasteiger partial charge < -0.3 is 10.0 Å². The Labute approximate surface area is 135 Å². The molecule has 2 aromatic rings. The van der Waals surface area contributed by atoms with Gasteiger partial charge in [-0.25, -0.2) is 4.79 Å². The number of carboxylic acid groups (broad SMARTS) is 1. The quantitative estimate of drug-likeness (QED) is 0.948. The number of rotatable bonds is 3. The van der Waals surface area contributed by atoms with Crippen molar-refractivity contribution in [2.24, 2.45) is 0 Å². The van der Waals surface area contributed by atoms with Crippen molar-refractivity contribution in [3.63, 3.8) is 0 Å². The van der Waals surface area contributed by atoms with Gasteiger partial charge in [-0.1, -0.05) is 36.4 Å². The Balaban J connectivity index is 1.76. The standard InChI is InChI=1S/C19H19NO3/c1-13-9-15-6-2-3-7-17(15)12-20(13)18(21)11-14-5-4-8-16(10-14)19(22)23/h2-8,10,13H,9,11-12H2,1H3,(H,22,23). The second-order valence-electron chi connectivity index (χ2n) is 6.03. The molecule has 0 saturated heterocycles. The maximum atomic E-state index is 12.6. The Kier molecular flexibility index (Phi) is 4.15. The summed E-state index contributed by atoms with van der Waals surface area (Å²) in [6, 6.07) is 14.9. The van der Waals surface area contributed by atoms with E-state index in [1.165, 1.54) is 17.2 Å². The number of nitrogens with zero attached hydrogens (tertiary/aromatic N) is 1. The first-order chi connectivity index (χ1) is 11.0. The van der Waals surface area contributed by atoms with Crippen molar-refractivity contribution in [1.82, 2.24) is 4.90 Å². The Morgan fingerprint density at radius 1 is 1.13 bits per heavy atom. The average molecular weight is 309 g/mol. The lowest BCUT2D eigenvalue weighted by Crippen LogP contribution is -2.43. The molecule has 0 radical (unpaired) electrons. The van der Waals surface area contributed by atoms with Gasteiger partial charge in [-0.15, -0.1) is 0 Å². The van der Waals surface area contributed by atoms with Crippen molar-refractivity contribution in [3.05, 3.63) is 70.8 Å². The third-order valence-corrected chi connectivity index (χ3v) is 4.36. The van der Waals surface area contributed by atoms with Crippen LogP contribution < -0.4 is 0 Å². The fourth-order valence-corrected chi connectivity index (χ4v) is 3.10. The van der Waals surface area contributed by atoms with Gasteiger partial charge in [0.2, 0.25) is 5.91 Å². The molecule has 1 heterocycles. The normalized spacial score (nSPS) is 16.7. The summed E-state index contributed by atoms with van der Waals surface area (Å²) in [5, 5.41) is 9.05. The number of benzene rings is 2. The van der Waals surface area contributed by atoms with Crippen molar-refractivity contribution < 1.29 is 14.7 Å².